The van der Waals surface area contributed by atoms with Crippen molar-refractivity contribution in [2.45, 2.75) is 33.7 Å². The lowest BCUT2D eigenvalue weighted by Crippen LogP contribution is -2.24. The van der Waals surface area contributed by atoms with Gasteiger partial charge in [-0.3, -0.25) is 10.1 Å². The molecule has 1 aliphatic heterocycles. The monoisotopic (exact) mass is 460 g/mol. The molecule has 0 saturated carbocycles. The number of anilines is 3. The first-order chi connectivity index (χ1) is 16.5. The first-order valence-electron chi connectivity index (χ1n) is 12.0. The van der Waals surface area contributed by atoms with Gasteiger partial charge in [0.1, 0.15) is 11.5 Å². The highest BCUT2D eigenvalue weighted by Crippen LogP contribution is 2.47. The summed E-state index contributed by atoms with van der Waals surface area (Å²) in [5, 5.41) is 14.6. The quantitative estimate of drug-likeness (QED) is 0.287. The van der Waals surface area contributed by atoms with Crippen LogP contribution in [0.5, 0.6) is 11.5 Å². The Hall–Kier alpha value is -3.74. The van der Waals surface area contributed by atoms with E-state index in [9.17, 15) is 10.1 Å². The predicted octanol–water partition coefficient (Wildman–Crippen LogP) is 6.59. The SMILES string of the molecule is CCN(CC)c1ccc2c(c1)Oc1cc(N(CC)CC)ccc1C2Nc1ccc([N+](=O)[O-])cc1. The number of nitro groups is 1. The maximum absolute atomic E-state index is 11.1. The molecule has 0 aliphatic carbocycles. The Labute approximate surface area is 201 Å². The summed E-state index contributed by atoms with van der Waals surface area (Å²) in [6.45, 7) is 12.3. The van der Waals surface area contributed by atoms with Crippen LogP contribution in [0.4, 0.5) is 22.7 Å². The molecule has 34 heavy (non-hydrogen) atoms. The molecule has 0 aromatic heterocycles. The van der Waals surface area contributed by atoms with Crippen LogP contribution >= 0.6 is 0 Å². The minimum Gasteiger partial charge on any atom is -0.456 e. The van der Waals surface area contributed by atoms with E-state index in [-0.39, 0.29) is 16.7 Å². The Kier molecular flexibility index (Phi) is 6.91. The van der Waals surface area contributed by atoms with Gasteiger partial charge >= 0.3 is 0 Å². The van der Waals surface area contributed by atoms with Crippen LogP contribution in [0, 0.1) is 10.1 Å². The van der Waals surface area contributed by atoms with E-state index in [1.807, 2.05) is 0 Å². The van der Waals surface area contributed by atoms with Crippen molar-refractivity contribution >= 4 is 22.7 Å². The number of benzene rings is 3. The van der Waals surface area contributed by atoms with Crippen molar-refractivity contribution in [3.8, 4) is 11.5 Å². The Bertz CT molecular complexity index is 1090. The molecule has 0 amide bonds. The molecule has 178 valence electrons. The lowest BCUT2D eigenvalue weighted by Gasteiger charge is -2.32. The fourth-order valence-electron chi connectivity index (χ4n) is 4.56. The Morgan fingerprint density at radius 3 is 1.68 bits per heavy atom. The molecular formula is C27H32N4O3. The highest BCUT2D eigenvalue weighted by molar-refractivity contribution is 5.66. The smallest absolute Gasteiger partial charge is 0.269 e. The average Bonchev–Trinajstić information content (AvgIpc) is 2.85. The molecule has 0 fully saturated rings. The van der Waals surface area contributed by atoms with Crippen LogP contribution in [0.3, 0.4) is 0 Å². The number of fused-ring (bicyclic) bond motifs is 2. The fraction of sp³-hybridized carbons (Fsp3) is 0.333. The molecule has 0 bridgehead atoms. The zero-order valence-corrected chi connectivity index (χ0v) is 20.2. The van der Waals surface area contributed by atoms with Gasteiger partial charge in [-0.15, -0.1) is 0 Å². The number of nitrogens with one attached hydrogen (secondary N) is 1. The number of ether oxygens (including phenoxy) is 1. The van der Waals surface area contributed by atoms with Crippen molar-refractivity contribution in [3.05, 3.63) is 81.9 Å². The lowest BCUT2D eigenvalue weighted by atomic mass is 9.93. The molecule has 1 N–H and O–H groups in total. The zero-order chi connectivity index (χ0) is 24.2. The summed E-state index contributed by atoms with van der Waals surface area (Å²) in [4.78, 5) is 15.3. The molecule has 3 aromatic rings. The molecule has 0 unspecified atom stereocenters. The summed E-state index contributed by atoms with van der Waals surface area (Å²) in [6, 6.07) is 19.1. The van der Waals surface area contributed by atoms with E-state index in [1.54, 1.807) is 12.1 Å². The van der Waals surface area contributed by atoms with Crippen LogP contribution in [0.2, 0.25) is 0 Å². The van der Waals surface area contributed by atoms with Gasteiger partial charge in [0, 0.05) is 78.6 Å². The Morgan fingerprint density at radius 2 is 1.26 bits per heavy atom. The lowest BCUT2D eigenvalue weighted by molar-refractivity contribution is -0.384. The molecule has 0 atom stereocenters. The number of nitro benzene ring substituents is 1. The standard InChI is InChI=1S/C27H32N4O3/c1-5-29(6-2)21-13-15-23-25(17-21)34-26-18-22(30(7-3)8-4)14-16-24(26)27(23)28-19-9-11-20(12-10-19)31(32)33/h9-18,27-28H,5-8H2,1-4H3. The van der Waals surface area contributed by atoms with Gasteiger partial charge in [0.15, 0.2) is 0 Å². The van der Waals surface area contributed by atoms with Crippen LogP contribution in [0.1, 0.15) is 44.9 Å². The third-order valence-corrected chi connectivity index (χ3v) is 6.48. The van der Waals surface area contributed by atoms with E-state index in [1.165, 1.54) is 12.1 Å². The molecule has 3 aromatic carbocycles. The van der Waals surface area contributed by atoms with Crippen LogP contribution in [0.25, 0.3) is 0 Å². The summed E-state index contributed by atoms with van der Waals surface area (Å²) < 4.78 is 6.47. The minimum atomic E-state index is -0.383. The van der Waals surface area contributed by atoms with E-state index >= 15 is 0 Å². The molecule has 1 heterocycles. The maximum Gasteiger partial charge on any atom is 0.269 e. The summed E-state index contributed by atoms with van der Waals surface area (Å²) >= 11 is 0. The Balaban J connectivity index is 1.77. The molecule has 4 rings (SSSR count). The second-order valence-electron chi connectivity index (χ2n) is 8.27. The van der Waals surface area contributed by atoms with Crippen molar-refractivity contribution in [1.29, 1.82) is 0 Å². The van der Waals surface area contributed by atoms with Crippen LogP contribution in [0.15, 0.2) is 60.7 Å². The highest BCUT2D eigenvalue weighted by Gasteiger charge is 2.29. The van der Waals surface area contributed by atoms with Crippen molar-refractivity contribution in [2.24, 2.45) is 0 Å². The number of hydrogen-bond acceptors (Lipinski definition) is 6. The normalized spacial score (nSPS) is 12.4. The van der Waals surface area contributed by atoms with Crippen LogP contribution in [-0.4, -0.2) is 31.1 Å². The van der Waals surface area contributed by atoms with Crippen LogP contribution in [-0.2, 0) is 0 Å². The first-order valence-corrected chi connectivity index (χ1v) is 12.0. The average molecular weight is 461 g/mol. The topological polar surface area (TPSA) is 70.9 Å². The number of hydrogen-bond donors (Lipinski definition) is 1. The number of nitrogens with zero attached hydrogens (tertiary/aromatic N) is 3. The van der Waals surface area contributed by atoms with Gasteiger partial charge in [-0.1, -0.05) is 12.1 Å². The van der Waals surface area contributed by atoms with E-state index < -0.39 is 0 Å². The molecule has 0 saturated heterocycles. The molecule has 7 nitrogen and oxygen atoms in total. The summed E-state index contributed by atoms with van der Waals surface area (Å²) in [7, 11) is 0. The Morgan fingerprint density at radius 1 is 0.794 bits per heavy atom. The van der Waals surface area contributed by atoms with Crippen molar-refractivity contribution < 1.29 is 9.66 Å². The molecular weight excluding hydrogens is 428 g/mol. The zero-order valence-electron chi connectivity index (χ0n) is 20.2. The molecule has 0 spiro atoms. The number of rotatable bonds is 9. The van der Waals surface area contributed by atoms with E-state index in [0.717, 1.165) is 65.9 Å². The van der Waals surface area contributed by atoms with Gasteiger partial charge in [0.25, 0.3) is 5.69 Å². The van der Waals surface area contributed by atoms with Crippen LogP contribution < -0.4 is 19.9 Å². The summed E-state index contributed by atoms with van der Waals surface area (Å²) in [5.41, 5.74) is 5.22. The third-order valence-electron chi connectivity index (χ3n) is 6.48. The molecule has 1 aliphatic rings. The van der Waals surface area contributed by atoms with Crippen molar-refractivity contribution in [1.82, 2.24) is 0 Å². The predicted molar refractivity (Wildman–Crippen MR) is 139 cm³/mol. The fourth-order valence-corrected chi connectivity index (χ4v) is 4.56. The third kappa shape index (κ3) is 4.51. The van der Waals surface area contributed by atoms with Gasteiger partial charge in [0.2, 0.25) is 0 Å². The second kappa shape index (κ2) is 10.0. The van der Waals surface area contributed by atoms with Gasteiger partial charge in [-0.2, -0.15) is 0 Å². The minimum absolute atomic E-state index is 0.0751. The highest BCUT2D eigenvalue weighted by atomic mass is 16.6. The van der Waals surface area contributed by atoms with Crippen molar-refractivity contribution in [2.75, 3.05) is 41.3 Å². The van der Waals surface area contributed by atoms with E-state index in [0.29, 0.717) is 0 Å². The number of non-ortho nitro benzene ring substituents is 1. The van der Waals surface area contributed by atoms with Gasteiger partial charge in [-0.25, -0.2) is 0 Å². The second-order valence-corrected chi connectivity index (χ2v) is 8.27. The molecule has 7 heteroatoms. The van der Waals surface area contributed by atoms with Gasteiger partial charge in [0.05, 0.1) is 11.0 Å². The molecule has 0 radical (unpaired) electrons. The van der Waals surface area contributed by atoms with E-state index in [4.69, 9.17) is 4.74 Å². The van der Waals surface area contributed by atoms with Gasteiger partial charge in [-0.05, 0) is 52.0 Å². The van der Waals surface area contributed by atoms with Crippen molar-refractivity contribution in [3.63, 3.8) is 0 Å². The summed E-state index contributed by atoms with van der Waals surface area (Å²) in [5.74, 6) is 1.65. The first kappa shape index (κ1) is 23.4. The maximum atomic E-state index is 11.1. The van der Waals surface area contributed by atoms with E-state index in [2.05, 4.69) is 79.2 Å². The largest absolute Gasteiger partial charge is 0.456 e. The van der Waals surface area contributed by atoms with Gasteiger partial charge < -0.3 is 19.9 Å². The summed E-state index contributed by atoms with van der Waals surface area (Å²) in [6.07, 6.45) is 0.